The fraction of sp³-hybridized carbons (Fsp3) is 1.00. The van der Waals surface area contributed by atoms with Crippen molar-refractivity contribution in [1.29, 1.82) is 0 Å². The van der Waals surface area contributed by atoms with Gasteiger partial charge >= 0.3 is 0 Å². The molecular weight excluding hydrogens is 296 g/mol. The minimum Gasteiger partial charge on any atom is -0.373 e. The lowest BCUT2D eigenvalue weighted by Crippen LogP contribution is -2.54. The van der Waals surface area contributed by atoms with Gasteiger partial charge in [-0.3, -0.25) is 9.80 Å². The van der Waals surface area contributed by atoms with Crippen LogP contribution in [0.25, 0.3) is 0 Å². The normalized spacial score (nSPS) is 27.8. The smallest absolute Gasteiger partial charge is 0.0612 e. The SMILES string of the molecule is CC(C)N(CC1CCN(C(C)(C)C)CC1)[C@H]1C[C@H](OC(C)(C)C)C1. The lowest BCUT2D eigenvalue weighted by Gasteiger charge is -2.48. The first-order chi connectivity index (χ1) is 11.0. The van der Waals surface area contributed by atoms with Crippen LogP contribution in [0.3, 0.4) is 0 Å². The van der Waals surface area contributed by atoms with E-state index in [4.69, 9.17) is 4.74 Å². The molecule has 1 aliphatic carbocycles. The van der Waals surface area contributed by atoms with Crippen LogP contribution in [0.1, 0.15) is 81.1 Å². The monoisotopic (exact) mass is 338 g/mol. The van der Waals surface area contributed by atoms with E-state index in [0.29, 0.717) is 17.7 Å². The van der Waals surface area contributed by atoms with Crippen molar-refractivity contribution in [2.75, 3.05) is 19.6 Å². The zero-order chi connectivity index (χ0) is 18.1. The van der Waals surface area contributed by atoms with Gasteiger partial charge < -0.3 is 4.74 Å². The highest BCUT2D eigenvalue weighted by atomic mass is 16.5. The summed E-state index contributed by atoms with van der Waals surface area (Å²) in [7, 11) is 0. The average Bonchev–Trinajstić information content (AvgIpc) is 2.38. The van der Waals surface area contributed by atoms with Crippen LogP contribution < -0.4 is 0 Å². The largest absolute Gasteiger partial charge is 0.373 e. The molecule has 1 saturated carbocycles. The van der Waals surface area contributed by atoms with Crippen molar-refractivity contribution in [2.45, 2.75) is 110 Å². The number of hydrogen-bond acceptors (Lipinski definition) is 3. The van der Waals surface area contributed by atoms with E-state index in [1.165, 1.54) is 45.3 Å². The van der Waals surface area contributed by atoms with Crippen molar-refractivity contribution in [2.24, 2.45) is 5.92 Å². The van der Waals surface area contributed by atoms with Crippen molar-refractivity contribution < 1.29 is 4.74 Å². The van der Waals surface area contributed by atoms with Gasteiger partial charge in [-0.05, 0) is 100 Å². The van der Waals surface area contributed by atoms with Gasteiger partial charge in [-0.2, -0.15) is 0 Å². The summed E-state index contributed by atoms with van der Waals surface area (Å²) in [4.78, 5) is 5.42. The van der Waals surface area contributed by atoms with E-state index in [0.717, 1.165) is 12.0 Å². The standard InChI is InChI=1S/C21H42N2O/c1-16(2)23(18-13-19(14-18)24-21(6,7)8)15-17-9-11-22(12-10-17)20(3,4)5/h16-19H,9-15H2,1-8H3/t18-,19-. The number of ether oxygens (including phenoxy) is 1. The van der Waals surface area contributed by atoms with Crippen molar-refractivity contribution in [1.82, 2.24) is 9.80 Å². The van der Waals surface area contributed by atoms with Crippen molar-refractivity contribution >= 4 is 0 Å². The highest BCUT2D eigenvalue weighted by Gasteiger charge is 2.38. The molecule has 0 atom stereocenters. The van der Waals surface area contributed by atoms with Crippen LogP contribution in [0.4, 0.5) is 0 Å². The van der Waals surface area contributed by atoms with E-state index in [-0.39, 0.29) is 5.60 Å². The number of likely N-dealkylation sites (tertiary alicyclic amines) is 1. The molecule has 3 nitrogen and oxygen atoms in total. The molecule has 0 N–H and O–H groups in total. The Morgan fingerprint density at radius 2 is 1.54 bits per heavy atom. The van der Waals surface area contributed by atoms with E-state index in [1.54, 1.807) is 0 Å². The molecule has 1 saturated heterocycles. The Hall–Kier alpha value is -0.120. The van der Waals surface area contributed by atoms with Gasteiger partial charge in [0, 0.05) is 24.2 Å². The molecule has 2 aliphatic rings. The van der Waals surface area contributed by atoms with Crippen molar-refractivity contribution in [3.05, 3.63) is 0 Å². The van der Waals surface area contributed by atoms with Crippen molar-refractivity contribution in [3.63, 3.8) is 0 Å². The van der Waals surface area contributed by atoms with Gasteiger partial charge in [0.15, 0.2) is 0 Å². The third-order valence-corrected chi connectivity index (χ3v) is 5.75. The number of piperidine rings is 1. The molecule has 0 aromatic rings. The van der Waals surface area contributed by atoms with Crippen LogP contribution in [-0.4, -0.2) is 58.8 Å². The molecule has 1 heterocycles. The second-order valence-corrected chi connectivity index (χ2v) is 10.4. The molecule has 0 spiro atoms. The molecule has 0 aromatic carbocycles. The first-order valence-electron chi connectivity index (χ1n) is 10.1. The van der Waals surface area contributed by atoms with Gasteiger partial charge in [0.2, 0.25) is 0 Å². The lowest BCUT2D eigenvalue weighted by molar-refractivity contribution is -0.125. The zero-order valence-corrected chi connectivity index (χ0v) is 17.6. The predicted molar refractivity (Wildman–Crippen MR) is 104 cm³/mol. The maximum Gasteiger partial charge on any atom is 0.0612 e. The molecule has 2 rings (SSSR count). The molecule has 1 aliphatic heterocycles. The third kappa shape index (κ3) is 5.71. The summed E-state index contributed by atoms with van der Waals surface area (Å²) in [6.07, 6.45) is 5.62. The zero-order valence-electron chi connectivity index (χ0n) is 17.6. The Labute approximate surface area is 151 Å². The Kier molecular flexibility index (Phi) is 6.42. The summed E-state index contributed by atoms with van der Waals surface area (Å²) in [6.45, 7) is 22.1. The maximum atomic E-state index is 6.14. The highest BCUT2D eigenvalue weighted by Crippen LogP contribution is 2.34. The quantitative estimate of drug-likeness (QED) is 0.731. The molecule has 0 amide bonds. The Bertz CT molecular complexity index is 380. The average molecular weight is 339 g/mol. The predicted octanol–water partition coefficient (Wildman–Crippen LogP) is 4.55. The van der Waals surface area contributed by atoms with Gasteiger partial charge in [0.05, 0.1) is 11.7 Å². The van der Waals surface area contributed by atoms with E-state index < -0.39 is 0 Å². The second-order valence-electron chi connectivity index (χ2n) is 10.4. The van der Waals surface area contributed by atoms with E-state index in [1.807, 2.05) is 0 Å². The van der Waals surface area contributed by atoms with Gasteiger partial charge in [-0.15, -0.1) is 0 Å². The Morgan fingerprint density at radius 3 is 1.96 bits per heavy atom. The van der Waals surface area contributed by atoms with E-state index in [9.17, 15) is 0 Å². The molecular formula is C21H42N2O. The minimum absolute atomic E-state index is 0.00190. The highest BCUT2D eigenvalue weighted by molar-refractivity contribution is 4.92. The number of rotatable bonds is 5. The first-order valence-corrected chi connectivity index (χ1v) is 10.1. The summed E-state index contributed by atoms with van der Waals surface area (Å²) in [5, 5.41) is 0. The topological polar surface area (TPSA) is 15.7 Å². The van der Waals surface area contributed by atoms with Crippen LogP contribution in [0.5, 0.6) is 0 Å². The second kappa shape index (κ2) is 7.63. The van der Waals surface area contributed by atoms with Crippen LogP contribution in [-0.2, 0) is 4.74 Å². The van der Waals surface area contributed by atoms with Crippen LogP contribution >= 0.6 is 0 Å². The van der Waals surface area contributed by atoms with Crippen LogP contribution in [0.2, 0.25) is 0 Å². The Morgan fingerprint density at radius 1 is 1.00 bits per heavy atom. The van der Waals surface area contributed by atoms with Crippen molar-refractivity contribution in [3.8, 4) is 0 Å². The summed E-state index contributed by atoms with van der Waals surface area (Å²) in [6, 6.07) is 1.38. The fourth-order valence-corrected chi connectivity index (χ4v) is 4.27. The lowest BCUT2D eigenvalue weighted by atomic mass is 9.84. The van der Waals surface area contributed by atoms with Gasteiger partial charge in [0.25, 0.3) is 0 Å². The minimum atomic E-state index is -0.00190. The summed E-state index contributed by atoms with van der Waals surface area (Å²) in [5.41, 5.74) is 0.326. The molecule has 24 heavy (non-hydrogen) atoms. The number of nitrogens with zero attached hydrogens (tertiary/aromatic N) is 2. The molecule has 0 unspecified atom stereocenters. The summed E-state index contributed by atoms with van der Waals surface area (Å²) >= 11 is 0. The summed E-state index contributed by atoms with van der Waals surface area (Å²) in [5.74, 6) is 0.869. The van der Waals surface area contributed by atoms with E-state index >= 15 is 0 Å². The Balaban J connectivity index is 1.79. The maximum absolute atomic E-state index is 6.14. The molecule has 0 radical (unpaired) electrons. The number of hydrogen-bond donors (Lipinski definition) is 0. The van der Waals surface area contributed by atoms with Crippen LogP contribution in [0.15, 0.2) is 0 Å². The molecule has 2 fully saturated rings. The summed E-state index contributed by atoms with van der Waals surface area (Å²) < 4.78 is 6.14. The van der Waals surface area contributed by atoms with E-state index in [2.05, 4.69) is 65.2 Å². The molecule has 3 heteroatoms. The fourth-order valence-electron chi connectivity index (χ4n) is 4.27. The first kappa shape index (κ1) is 20.2. The van der Waals surface area contributed by atoms with Gasteiger partial charge in [-0.25, -0.2) is 0 Å². The van der Waals surface area contributed by atoms with Gasteiger partial charge in [0.1, 0.15) is 0 Å². The third-order valence-electron chi connectivity index (χ3n) is 5.75. The van der Waals surface area contributed by atoms with Gasteiger partial charge in [-0.1, -0.05) is 0 Å². The molecule has 0 bridgehead atoms. The van der Waals surface area contributed by atoms with Crippen LogP contribution in [0, 0.1) is 5.92 Å². The molecule has 142 valence electrons. The molecule has 0 aromatic heterocycles.